The normalized spacial score (nSPS) is 15.4. The van der Waals surface area contributed by atoms with Crippen molar-refractivity contribution in [2.45, 2.75) is 32.7 Å². The highest BCUT2D eigenvalue weighted by Gasteiger charge is 2.34. The van der Waals surface area contributed by atoms with E-state index in [2.05, 4.69) is 42.8 Å². The van der Waals surface area contributed by atoms with Crippen LogP contribution in [0.3, 0.4) is 0 Å². The lowest BCUT2D eigenvalue weighted by atomic mass is 10.0. The van der Waals surface area contributed by atoms with Crippen molar-refractivity contribution in [3.05, 3.63) is 106 Å². The summed E-state index contributed by atoms with van der Waals surface area (Å²) in [5.74, 6) is 6.54. The van der Waals surface area contributed by atoms with Gasteiger partial charge in [-0.1, -0.05) is 18.1 Å². The van der Waals surface area contributed by atoms with Gasteiger partial charge in [0.2, 0.25) is 0 Å². The van der Waals surface area contributed by atoms with E-state index in [9.17, 15) is 18.0 Å². The molecule has 3 N–H and O–H groups in total. The molecule has 0 saturated carbocycles. The van der Waals surface area contributed by atoms with Gasteiger partial charge in [-0.2, -0.15) is 18.3 Å². The molecular formula is C36H36F3N9O. The van der Waals surface area contributed by atoms with Gasteiger partial charge in [-0.25, -0.2) is 4.98 Å². The zero-order chi connectivity index (χ0) is 34.1. The number of halogens is 3. The molecule has 2 aromatic carbocycles. The molecule has 0 radical (unpaired) electrons. The number of likely N-dealkylation sites (N-methyl/N-ethyl adjacent to an activating group) is 1. The van der Waals surface area contributed by atoms with Crippen molar-refractivity contribution < 1.29 is 18.0 Å². The van der Waals surface area contributed by atoms with E-state index >= 15 is 0 Å². The maximum atomic E-state index is 14.1. The molecule has 0 spiro atoms. The minimum Gasteiger partial charge on any atom is -0.336 e. The van der Waals surface area contributed by atoms with Crippen LogP contribution in [0.2, 0.25) is 0 Å². The van der Waals surface area contributed by atoms with Gasteiger partial charge in [-0.3, -0.25) is 18.8 Å². The van der Waals surface area contributed by atoms with Crippen molar-refractivity contribution in [2.24, 2.45) is 0 Å². The van der Waals surface area contributed by atoms with Gasteiger partial charge in [0.05, 0.1) is 29.7 Å². The third-order valence-electron chi connectivity index (χ3n) is 8.96. The number of aryl methyl sites for hydroxylation is 1. The zero-order valence-corrected chi connectivity index (χ0v) is 27.2. The number of alkyl halides is 3. The van der Waals surface area contributed by atoms with Gasteiger partial charge in [0.15, 0.2) is 11.5 Å². The largest absolute Gasteiger partial charge is 0.416 e. The number of rotatable bonds is 6. The van der Waals surface area contributed by atoms with Crippen LogP contribution < -0.4 is 16.0 Å². The Morgan fingerprint density at radius 2 is 1.86 bits per heavy atom. The highest BCUT2D eigenvalue weighted by Crippen LogP contribution is 2.35. The summed E-state index contributed by atoms with van der Waals surface area (Å²) in [4.78, 5) is 22.0. The lowest BCUT2D eigenvalue weighted by Gasteiger charge is -2.33. The van der Waals surface area contributed by atoms with Crippen molar-refractivity contribution in [1.29, 1.82) is 0 Å². The first kappa shape index (κ1) is 32.4. The average Bonchev–Trinajstić information content (AvgIpc) is 3.70. The van der Waals surface area contributed by atoms with Crippen molar-refractivity contribution >= 4 is 28.7 Å². The Morgan fingerprint density at radius 1 is 1.02 bits per heavy atom. The molecule has 0 atom stereocenters. The minimum absolute atomic E-state index is 0.0789. The van der Waals surface area contributed by atoms with Gasteiger partial charge >= 0.3 is 6.18 Å². The monoisotopic (exact) mass is 667 g/mol. The fourth-order valence-electron chi connectivity index (χ4n) is 6.13. The number of imidazole rings is 1. The molecule has 7 rings (SSSR count). The predicted molar refractivity (Wildman–Crippen MR) is 182 cm³/mol. The molecule has 5 heterocycles. The highest BCUT2D eigenvalue weighted by molar-refractivity contribution is 6.04. The van der Waals surface area contributed by atoms with Gasteiger partial charge in [-0.15, -0.1) is 0 Å². The average molecular weight is 668 g/mol. The third kappa shape index (κ3) is 7.17. The maximum Gasteiger partial charge on any atom is 0.416 e. The first-order valence-electron chi connectivity index (χ1n) is 16.2. The Morgan fingerprint density at radius 3 is 2.65 bits per heavy atom. The Bertz CT molecular complexity index is 2060. The molecule has 5 aromatic rings. The van der Waals surface area contributed by atoms with Crippen molar-refractivity contribution in [1.82, 2.24) is 34.3 Å². The smallest absolute Gasteiger partial charge is 0.336 e. The second-order valence-electron chi connectivity index (χ2n) is 12.5. The van der Waals surface area contributed by atoms with Crippen LogP contribution in [0.1, 0.15) is 44.0 Å². The molecule has 10 nitrogen and oxygen atoms in total. The molecule has 49 heavy (non-hydrogen) atoms. The molecule has 3 aromatic heterocycles. The number of aromatic nitrogens is 4. The molecule has 0 aliphatic carbocycles. The number of fused-ring (bicyclic) bond motifs is 2. The van der Waals surface area contributed by atoms with Crippen LogP contribution in [0.25, 0.3) is 5.65 Å². The summed E-state index contributed by atoms with van der Waals surface area (Å²) in [6.45, 7) is 7.57. The van der Waals surface area contributed by atoms with Gasteiger partial charge in [0, 0.05) is 74.9 Å². The summed E-state index contributed by atoms with van der Waals surface area (Å²) in [5, 5.41) is 14.0. The number of piperazine rings is 1. The van der Waals surface area contributed by atoms with E-state index in [0.717, 1.165) is 61.6 Å². The molecular weight excluding hydrogens is 631 g/mol. The first-order valence-corrected chi connectivity index (χ1v) is 16.2. The van der Waals surface area contributed by atoms with Gasteiger partial charge in [0.1, 0.15) is 5.69 Å². The Labute approximate surface area is 281 Å². The third-order valence-corrected chi connectivity index (χ3v) is 8.96. The number of amides is 1. The van der Waals surface area contributed by atoms with Crippen molar-refractivity contribution in [3.63, 3.8) is 0 Å². The van der Waals surface area contributed by atoms with Gasteiger partial charge in [0.25, 0.3) is 5.91 Å². The van der Waals surface area contributed by atoms with Crippen molar-refractivity contribution in [3.8, 4) is 11.8 Å². The molecule has 252 valence electrons. The maximum absolute atomic E-state index is 14.1. The van der Waals surface area contributed by atoms with E-state index < -0.39 is 17.6 Å². The Kier molecular flexibility index (Phi) is 8.85. The minimum atomic E-state index is -4.56. The van der Waals surface area contributed by atoms with E-state index in [1.165, 1.54) is 12.1 Å². The fourth-order valence-corrected chi connectivity index (χ4v) is 6.13. The zero-order valence-electron chi connectivity index (χ0n) is 27.2. The molecule has 0 bridgehead atoms. The van der Waals surface area contributed by atoms with Crippen molar-refractivity contribution in [2.75, 3.05) is 50.4 Å². The lowest BCUT2D eigenvalue weighted by molar-refractivity contribution is -0.138. The number of carbonyl (C=O) groups is 1. The number of pyridine rings is 1. The summed E-state index contributed by atoms with van der Waals surface area (Å²) < 4.78 is 46.2. The highest BCUT2D eigenvalue weighted by atomic mass is 19.4. The summed E-state index contributed by atoms with van der Waals surface area (Å²) in [6, 6.07) is 14.9. The molecule has 2 aliphatic rings. The van der Waals surface area contributed by atoms with Crippen LogP contribution in [0.5, 0.6) is 0 Å². The summed E-state index contributed by atoms with van der Waals surface area (Å²) in [6.07, 6.45) is -0.990. The van der Waals surface area contributed by atoms with E-state index in [-0.39, 0.29) is 23.4 Å². The second-order valence-corrected chi connectivity index (χ2v) is 12.5. The Hall–Kier alpha value is -5.16. The number of benzene rings is 2. The van der Waals surface area contributed by atoms with Crippen LogP contribution in [0.4, 0.5) is 30.4 Å². The quantitative estimate of drug-likeness (QED) is 0.217. The van der Waals surface area contributed by atoms with Gasteiger partial charge in [-0.05, 0) is 67.4 Å². The first-order chi connectivity index (χ1) is 23.6. The molecule has 2 aliphatic heterocycles. The summed E-state index contributed by atoms with van der Waals surface area (Å²) >= 11 is 0. The van der Waals surface area contributed by atoms with E-state index in [4.69, 9.17) is 0 Å². The molecule has 0 unspecified atom stereocenters. The summed E-state index contributed by atoms with van der Waals surface area (Å²) in [7, 11) is 2.00. The van der Waals surface area contributed by atoms with E-state index in [0.29, 0.717) is 30.0 Å². The summed E-state index contributed by atoms with van der Waals surface area (Å²) in [5.41, 5.74) is 4.52. The van der Waals surface area contributed by atoms with Crippen LogP contribution in [0, 0.1) is 18.8 Å². The van der Waals surface area contributed by atoms with Crippen LogP contribution >= 0.6 is 0 Å². The number of nitrogens with zero attached hydrogens (tertiary/aromatic N) is 6. The van der Waals surface area contributed by atoms with Crippen LogP contribution in [0.15, 0.2) is 67.0 Å². The molecule has 1 fully saturated rings. The lowest BCUT2D eigenvalue weighted by Crippen LogP contribution is -2.44. The molecule has 1 amide bonds. The number of hydrogen-bond donors (Lipinski definition) is 3. The number of carbonyl (C=O) groups excluding carboxylic acids is 1. The standard InChI is InChI=1S/C36H36F3N9O/c1-24-5-6-26(35(49)42-28-9-7-27(31(19-28)36(37,38)39)23-46-16-14-45(2)15-17-46)18-25(24)8-10-29-22-41-34-32(4-3-12-47(29)34)43-33-20-30-21-40-11-13-48(30)44-33/h3-7,9,12,18-20,22,40H,11,13-17,21,23H2,1-2H3,(H,42,49)(H,43,44). The number of hydrogen-bond acceptors (Lipinski definition) is 7. The van der Waals surface area contributed by atoms with E-state index in [1.54, 1.807) is 24.4 Å². The predicted octanol–water partition coefficient (Wildman–Crippen LogP) is 5.10. The Balaban J connectivity index is 1.08. The van der Waals surface area contributed by atoms with Crippen LogP contribution in [-0.2, 0) is 25.8 Å². The van der Waals surface area contributed by atoms with Crippen LogP contribution in [-0.4, -0.2) is 74.6 Å². The SMILES string of the molecule is Cc1ccc(C(=O)Nc2ccc(CN3CCN(C)CC3)c(C(F)(F)F)c2)cc1C#Cc1cnc2c(Nc3cc4n(n3)CCNC4)cccn12. The van der Waals surface area contributed by atoms with Gasteiger partial charge < -0.3 is 20.9 Å². The van der Waals surface area contributed by atoms with E-state index in [1.807, 2.05) is 52.3 Å². The topological polar surface area (TPSA) is 94.8 Å². The second kappa shape index (κ2) is 13.4. The number of anilines is 3. The molecule has 13 heteroatoms. The number of nitrogens with one attached hydrogen (secondary N) is 3. The molecule has 1 saturated heterocycles. The fraction of sp³-hybridized carbons (Fsp3) is 0.306.